The maximum Gasteiger partial charge on any atom is 0.247 e. The third kappa shape index (κ3) is 4.91. The summed E-state index contributed by atoms with van der Waals surface area (Å²) in [5.41, 5.74) is 3.18. The van der Waals surface area contributed by atoms with Gasteiger partial charge >= 0.3 is 0 Å². The van der Waals surface area contributed by atoms with Crippen molar-refractivity contribution in [2.24, 2.45) is 0 Å². The lowest BCUT2D eigenvalue weighted by molar-refractivity contribution is -0.111. The molecule has 0 unspecified atom stereocenters. The zero-order valence-electron chi connectivity index (χ0n) is 19.6. The van der Waals surface area contributed by atoms with Gasteiger partial charge in [0.2, 0.25) is 17.7 Å². The van der Waals surface area contributed by atoms with Crippen molar-refractivity contribution in [1.82, 2.24) is 24.9 Å². The number of ether oxygens (including phenoxy) is 2. The van der Waals surface area contributed by atoms with Crippen molar-refractivity contribution in [3.05, 3.63) is 61.7 Å². The molecule has 0 radical (unpaired) electrons. The Balaban J connectivity index is 1.46. The van der Waals surface area contributed by atoms with Gasteiger partial charge in [-0.25, -0.2) is 9.97 Å². The second kappa shape index (κ2) is 10.3. The Bertz CT molecular complexity index is 1420. The molecule has 1 amide bonds. The van der Waals surface area contributed by atoms with E-state index in [0.717, 1.165) is 24.3 Å². The van der Waals surface area contributed by atoms with E-state index in [0.29, 0.717) is 53.2 Å². The number of carbonyl (C=O) groups is 1. The van der Waals surface area contributed by atoms with Crippen LogP contribution in [-0.2, 0) is 9.53 Å². The van der Waals surface area contributed by atoms with Crippen molar-refractivity contribution in [2.75, 3.05) is 48.9 Å². The lowest BCUT2D eigenvalue weighted by atomic mass is 10.1. The Labute approximate surface area is 207 Å². The molecule has 0 aromatic carbocycles. The van der Waals surface area contributed by atoms with Crippen molar-refractivity contribution in [3.63, 3.8) is 0 Å². The second-order valence-electron chi connectivity index (χ2n) is 7.89. The number of fused-ring (bicyclic) bond motifs is 1. The van der Waals surface area contributed by atoms with Crippen LogP contribution in [0.5, 0.6) is 5.88 Å². The van der Waals surface area contributed by atoms with E-state index in [-0.39, 0.29) is 5.91 Å². The fourth-order valence-electron chi connectivity index (χ4n) is 3.82. The molecule has 2 N–H and O–H groups in total. The van der Waals surface area contributed by atoms with E-state index >= 15 is 0 Å². The van der Waals surface area contributed by atoms with Crippen LogP contribution in [0.25, 0.3) is 22.2 Å². The summed E-state index contributed by atoms with van der Waals surface area (Å²) >= 11 is 0. The number of carbonyl (C=O) groups excluding carboxylic acids is 1. The minimum absolute atomic E-state index is 0.306. The number of nitrogens with zero attached hydrogens (tertiary/aromatic N) is 6. The smallest absolute Gasteiger partial charge is 0.247 e. The van der Waals surface area contributed by atoms with Gasteiger partial charge in [0.15, 0.2) is 0 Å². The Hall–Kier alpha value is -4.64. The number of hydrogen-bond donors (Lipinski definition) is 2. The van der Waals surface area contributed by atoms with Crippen molar-refractivity contribution in [3.8, 4) is 17.1 Å². The van der Waals surface area contributed by atoms with Gasteiger partial charge < -0.3 is 25.0 Å². The molecule has 5 heterocycles. The van der Waals surface area contributed by atoms with E-state index in [2.05, 4.69) is 42.0 Å². The third-order valence-electron chi connectivity index (χ3n) is 5.60. The van der Waals surface area contributed by atoms with Crippen molar-refractivity contribution >= 4 is 40.0 Å². The second-order valence-corrected chi connectivity index (χ2v) is 7.89. The monoisotopic (exact) mass is 484 g/mol. The highest BCUT2D eigenvalue weighted by Crippen LogP contribution is 2.30. The first-order chi connectivity index (χ1) is 17.6. The van der Waals surface area contributed by atoms with E-state index in [9.17, 15) is 4.79 Å². The molecule has 4 aromatic rings. The van der Waals surface area contributed by atoms with Gasteiger partial charge in [-0.2, -0.15) is 4.98 Å². The predicted molar refractivity (Wildman–Crippen MR) is 136 cm³/mol. The Morgan fingerprint density at radius 1 is 1.14 bits per heavy atom. The summed E-state index contributed by atoms with van der Waals surface area (Å²) in [6.07, 6.45) is 7.87. The third-order valence-corrected chi connectivity index (χ3v) is 5.60. The molecule has 0 aliphatic carbocycles. The largest absolute Gasteiger partial charge is 0.479 e. The van der Waals surface area contributed by atoms with Gasteiger partial charge in [0.05, 0.1) is 31.5 Å². The lowest BCUT2D eigenvalue weighted by Gasteiger charge is -2.28. The van der Waals surface area contributed by atoms with Gasteiger partial charge in [0.1, 0.15) is 11.5 Å². The normalized spacial score (nSPS) is 13.3. The Morgan fingerprint density at radius 3 is 2.81 bits per heavy atom. The molecule has 0 bridgehead atoms. The van der Waals surface area contributed by atoms with Crippen molar-refractivity contribution < 1.29 is 14.3 Å². The molecule has 0 spiro atoms. The van der Waals surface area contributed by atoms with Crippen LogP contribution in [-0.4, -0.2) is 64.2 Å². The first-order valence-electron chi connectivity index (χ1n) is 11.3. The minimum atomic E-state index is -0.306. The summed E-state index contributed by atoms with van der Waals surface area (Å²) in [6, 6.07) is 7.28. The van der Waals surface area contributed by atoms with Crippen LogP contribution in [0.2, 0.25) is 0 Å². The van der Waals surface area contributed by atoms with Crippen LogP contribution in [0, 0.1) is 0 Å². The van der Waals surface area contributed by atoms with Crippen LogP contribution in [0.4, 0.5) is 23.1 Å². The van der Waals surface area contributed by atoms with Crippen LogP contribution in [0.15, 0.2) is 61.7 Å². The first kappa shape index (κ1) is 23.1. The number of aromatic nitrogens is 5. The van der Waals surface area contributed by atoms with Crippen LogP contribution < -0.4 is 20.3 Å². The van der Waals surface area contributed by atoms with Gasteiger partial charge in [-0.3, -0.25) is 14.8 Å². The van der Waals surface area contributed by atoms with Crippen LogP contribution in [0.3, 0.4) is 0 Å². The Kier molecular flexibility index (Phi) is 6.63. The van der Waals surface area contributed by atoms with Gasteiger partial charge in [0.25, 0.3) is 0 Å². The van der Waals surface area contributed by atoms with Crippen molar-refractivity contribution in [2.45, 2.75) is 0 Å². The highest BCUT2D eigenvalue weighted by atomic mass is 16.5. The molecule has 1 saturated heterocycles. The minimum Gasteiger partial charge on any atom is -0.479 e. The predicted octanol–water partition coefficient (Wildman–Crippen LogP) is 3.20. The number of pyridine rings is 3. The van der Waals surface area contributed by atoms with Gasteiger partial charge in [0, 0.05) is 54.5 Å². The van der Waals surface area contributed by atoms with E-state index < -0.39 is 0 Å². The number of hydrogen-bond acceptors (Lipinski definition) is 10. The first-order valence-corrected chi connectivity index (χ1v) is 11.3. The highest BCUT2D eigenvalue weighted by molar-refractivity contribution is 5.99. The lowest BCUT2D eigenvalue weighted by Crippen LogP contribution is -2.36. The van der Waals surface area contributed by atoms with Gasteiger partial charge in [-0.05, 0) is 30.3 Å². The zero-order chi connectivity index (χ0) is 24.9. The van der Waals surface area contributed by atoms with Gasteiger partial charge in [-0.1, -0.05) is 6.58 Å². The summed E-state index contributed by atoms with van der Waals surface area (Å²) in [6.45, 7) is 6.38. The van der Waals surface area contributed by atoms with E-state index in [1.54, 1.807) is 44.0 Å². The van der Waals surface area contributed by atoms with Gasteiger partial charge in [-0.15, -0.1) is 0 Å². The molecule has 5 rings (SSSR count). The van der Waals surface area contributed by atoms with E-state index in [4.69, 9.17) is 14.5 Å². The van der Waals surface area contributed by atoms with E-state index in [1.165, 1.54) is 6.08 Å². The molecule has 36 heavy (non-hydrogen) atoms. The molecule has 182 valence electrons. The summed E-state index contributed by atoms with van der Waals surface area (Å²) in [7, 11) is 1.57. The molecular weight excluding hydrogens is 460 g/mol. The fourth-order valence-corrected chi connectivity index (χ4v) is 3.82. The summed E-state index contributed by atoms with van der Waals surface area (Å²) in [4.78, 5) is 36.4. The summed E-state index contributed by atoms with van der Waals surface area (Å²) in [5, 5.41) is 6.69. The zero-order valence-corrected chi connectivity index (χ0v) is 19.6. The number of rotatable bonds is 7. The average Bonchev–Trinajstić information content (AvgIpc) is 2.93. The van der Waals surface area contributed by atoms with Crippen LogP contribution >= 0.6 is 0 Å². The Morgan fingerprint density at radius 2 is 2.00 bits per heavy atom. The molecule has 11 nitrogen and oxygen atoms in total. The number of methoxy groups -OCH3 is 1. The maximum atomic E-state index is 11.7. The van der Waals surface area contributed by atoms with Crippen LogP contribution in [0.1, 0.15) is 0 Å². The molecule has 0 saturated carbocycles. The summed E-state index contributed by atoms with van der Waals surface area (Å²) in [5.74, 6) is 1.32. The van der Waals surface area contributed by atoms with Crippen molar-refractivity contribution in [1.29, 1.82) is 0 Å². The molecule has 11 heteroatoms. The molecule has 0 atom stereocenters. The highest BCUT2D eigenvalue weighted by Gasteiger charge is 2.16. The molecule has 4 aromatic heterocycles. The molecule has 1 fully saturated rings. The number of amides is 1. The summed E-state index contributed by atoms with van der Waals surface area (Å²) < 4.78 is 11.0. The maximum absolute atomic E-state index is 11.7. The SMILES string of the molecule is C=CC(=O)Nc1ccnc(-c2cncc3cnc(Nc4ccc(N5CCOCC5)nc4OC)nc23)c1. The number of nitrogens with one attached hydrogen (secondary N) is 2. The van der Waals surface area contributed by atoms with E-state index in [1.807, 2.05) is 12.1 Å². The topological polar surface area (TPSA) is 127 Å². The number of anilines is 4. The number of morpholine rings is 1. The molecule has 1 aliphatic heterocycles. The standard InChI is InChI=1S/C25H24N8O3/c1-3-22(34)29-17-6-7-27-20(12-17)18-15-26-13-16-14-28-25(32-23(16)18)30-19-4-5-21(31-24(19)35-2)33-8-10-36-11-9-33/h3-7,12-15H,1,8-11H2,2H3,(H,27,29,34)(H,28,30,32). The average molecular weight is 485 g/mol. The molecular formula is C25H24N8O3. The molecule has 1 aliphatic rings. The quantitative estimate of drug-likeness (QED) is 0.378. The fraction of sp³-hybridized carbons (Fsp3) is 0.200.